The van der Waals surface area contributed by atoms with Crippen LogP contribution in [0.5, 0.6) is 11.5 Å². The summed E-state index contributed by atoms with van der Waals surface area (Å²) in [6.45, 7) is 0.282. The van der Waals surface area contributed by atoms with E-state index in [1.54, 1.807) is 11.9 Å². The zero-order valence-electron chi connectivity index (χ0n) is 15.9. The quantitative estimate of drug-likeness (QED) is 0.738. The number of hydrogen-bond acceptors (Lipinski definition) is 5. The first-order valence-electron chi connectivity index (χ1n) is 9.75. The Balaban J connectivity index is 1.56. The molecule has 0 saturated carbocycles. The van der Waals surface area contributed by atoms with Gasteiger partial charge in [-0.1, -0.05) is 18.2 Å². The molecule has 4 heterocycles. The molecule has 1 aromatic rings. The van der Waals surface area contributed by atoms with Crippen LogP contribution in [-0.2, 0) is 9.59 Å². The van der Waals surface area contributed by atoms with Gasteiger partial charge in [0.1, 0.15) is 6.04 Å². The molecule has 146 valence electrons. The van der Waals surface area contributed by atoms with Crippen molar-refractivity contribution in [2.45, 2.75) is 24.9 Å². The van der Waals surface area contributed by atoms with Gasteiger partial charge in [0.2, 0.25) is 18.6 Å². The fourth-order valence-electron chi connectivity index (χ4n) is 4.91. The van der Waals surface area contributed by atoms with E-state index in [1.165, 1.54) is 4.90 Å². The molecule has 5 aliphatic rings. The van der Waals surface area contributed by atoms with Crippen LogP contribution in [0.3, 0.4) is 0 Å². The average molecular weight is 389 g/mol. The second-order valence-electron chi connectivity index (χ2n) is 7.87. The molecule has 0 radical (unpaired) electrons. The van der Waals surface area contributed by atoms with Crippen molar-refractivity contribution < 1.29 is 19.1 Å². The van der Waals surface area contributed by atoms with Crippen LogP contribution in [0.2, 0.25) is 0 Å². The van der Waals surface area contributed by atoms with Crippen LogP contribution in [-0.4, -0.2) is 53.8 Å². The third-order valence-corrected chi connectivity index (χ3v) is 6.22. The topological polar surface area (TPSA) is 71.4 Å². The number of amides is 2. The van der Waals surface area contributed by atoms with E-state index in [0.717, 1.165) is 34.5 Å². The molecule has 7 heteroatoms. The highest BCUT2D eigenvalue weighted by Crippen LogP contribution is 2.48. The lowest BCUT2D eigenvalue weighted by atomic mass is 9.80. The lowest BCUT2D eigenvalue weighted by molar-refractivity contribution is -0.156. The number of allylic oxidation sites excluding steroid dienone is 4. The Morgan fingerprint density at radius 1 is 1.17 bits per heavy atom. The second-order valence-corrected chi connectivity index (χ2v) is 7.87. The highest BCUT2D eigenvalue weighted by atomic mass is 16.7. The number of piperidine rings is 1. The van der Waals surface area contributed by atoms with Crippen molar-refractivity contribution in [1.29, 1.82) is 0 Å². The van der Waals surface area contributed by atoms with Gasteiger partial charge in [-0.15, -0.1) is 0 Å². The van der Waals surface area contributed by atoms with Crippen LogP contribution in [0, 0.1) is 0 Å². The molecule has 1 aromatic carbocycles. The predicted molar refractivity (Wildman–Crippen MR) is 104 cm³/mol. The highest BCUT2D eigenvalue weighted by Gasteiger charge is 2.50. The molecule has 2 saturated heterocycles. The fraction of sp³-hybridized carbons (Fsp3) is 0.318. The van der Waals surface area contributed by atoms with Crippen molar-refractivity contribution in [3.8, 4) is 11.5 Å². The predicted octanol–water partition coefficient (Wildman–Crippen LogP) is 2.12. The lowest BCUT2D eigenvalue weighted by Crippen LogP contribution is -2.62. The lowest BCUT2D eigenvalue weighted by Gasteiger charge is -2.47. The summed E-state index contributed by atoms with van der Waals surface area (Å²) in [6, 6.07) is 4.87. The summed E-state index contributed by atoms with van der Waals surface area (Å²) in [7, 11) is 1.68. The van der Waals surface area contributed by atoms with Crippen molar-refractivity contribution in [3.05, 3.63) is 58.8 Å². The number of benzene rings is 1. The van der Waals surface area contributed by atoms with Crippen molar-refractivity contribution in [2.75, 3.05) is 20.4 Å². The number of carbonyl (C=O) groups is 2. The van der Waals surface area contributed by atoms with Crippen LogP contribution < -0.4 is 9.47 Å². The summed E-state index contributed by atoms with van der Waals surface area (Å²) in [5, 5.41) is 0. The average Bonchev–Trinajstić information content (AvgIpc) is 3.34. The van der Waals surface area contributed by atoms with E-state index in [0.29, 0.717) is 17.9 Å². The van der Waals surface area contributed by atoms with Crippen molar-refractivity contribution in [2.24, 2.45) is 4.99 Å². The van der Waals surface area contributed by atoms with Gasteiger partial charge in [-0.25, -0.2) is 0 Å². The number of likely N-dealkylation sites (N-methyl/N-ethyl adjacent to an activating group) is 1. The van der Waals surface area contributed by atoms with Crippen molar-refractivity contribution >= 4 is 17.5 Å². The molecule has 0 bridgehead atoms. The number of ether oxygens (including phenoxy) is 2. The van der Waals surface area contributed by atoms with Gasteiger partial charge in [-0.05, 0) is 35.8 Å². The maximum Gasteiger partial charge on any atom is 0.246 e. The van der Waals surface area contributed by atoms with Gasteiger partial charge in [0.25, 0.3) is 0 Å². The number of fused-ring (bicyclic) bond motifs is 4. The molecule has 0 spiro atoms. The number of nitrogens with zero attached hydrogens (tertiary/aromatic N) is 3. The zero-order chi connectivity index (χ0) is 19.7. The van der Waals surface area contributed by atoms with Crippen LogP contribution in [0.15, 0.2) is 58.3 Å². The molecule has 0 N–H and O–H groups in total. The number of hydrogen-bond donors (Lipinski definition) is 0. The molecule has 2 amide bonds. The number of carbonyl (C=O) groups excluding carboxylic acids is 2. The molecule has 4 aliphatic heterocycles. The Morgan fingerprint density at radius 3 is 2.93 bits per heavy atom. The molecular formula is C22H19N3O4. The van der Waals surface area contributed by atoms with E-state index >= 15 is 0 Å². The summed E-state index contributed by atoms with van der Waals surface area (Å²) in [5.41, 5.74) is 4.96. The van der Waals surface area contributed by atoms with Gasteiger partial charge in [0.05, 0.1) is 18.3 Å². The van der Waals surface area contributed by atoms with E-state index < -0.39 is 6.04 Å². The maximum absolute atomic E-state index is 13.1. The van der Waals surface area contributed by atoms with Crippen LogP contribution in [0.4, 0.5) is 0 Å². The van der Waals surface area contributed by atoms with Crippen LogP contribution >= 0.6 is 0 Å². The minimum atomic E-state index is -0.534. The number of piperazine rings is 1. The van der Waals surface area contributed by atoms with Gasteiger partial charge in [0, 0.05) is 24.8 Å². The fourth-order valence-corrected chi connectivity index (χ4v) is 4.91. The summed E-state index contributed by atoms with van der Waals surface area (Å²) >= 11 is 0. The standard InChI is InChI=1S/C22H19N3O4/c1-24-10-19(26)25-16(22(24)27)9-15-20(13-4-2-3-5-14(13)23-15)21(25)12-6-7-17-18(8-12)29-11-28-17/h2-3,5-8,16,21H,4,9-11H2,1H3. The first-order chi connectivity index (χ1) is 14.1. The normalized spacial score (nSPS) is 26.9. The van der Waals surface area contributed by atoms with Crippen molar-refractivity contribution in [3.63, 3.8) is 0 Å². The SMILES string of the molecule is CN1CC(=O)N2C(CC3=NC4=CC=CCC4=C3C2c2ccc3c(c2)OCO3)C1=O. The molecular weight excluding hydrogens is 370 g/mol. The largest absolute Gasteiger partial charge is 0.454 e. The molecule has 7 nitrogen and oxygen atoms in total. The first-order valence-corrected chi connectivity index (χ1v) is 9.75. The maximum atomic E-state index is 13.1. The first kappa shape index (κ1) is 16.6. The summed E-state index contributed by atoms with van der Waals surface area (Å²) in [5.74, 6) is 1.28. The molecule has 6 rings (SSSR count). The van der Waals surface area contributed by atoms with E-state index in [1.807, 2.05) is 30.4 Å². The Bertz CT molecular complexity index is 1100. The molecule has 2 fully saturated rings. The minimum Gasteiger partial charge on any atom is -0.454 e. The Hall–Kier alpha value is -3.35. The smallest absolute Gasteiger partial charge is 0.246 e. The summed E-state index contributed by atoms with van der Waals surface area (Å²) in [6.07, 6.45) is 7.34. The van der Waals surface area contributed by atoms with Crippen LogP contribution in [0.1, 0.15) is 24.4 Å². The molecule has 2 atom stereocenters. The summed E-state index contributed by atoms with van der Waals surface area (Å²) in [4.78, 5) is 34.2. The third kappa shape index (κ3) is 2.27. The Kier molecular flexibility index (Phi) is 3.33. The van der Waals surface area contributed by atoms with Gasteiger partial charge in [0.15, 0.2) is 11.5 Å². The monoisotopic (exact) mass is 389 g/mol. The zero-order valence-corrected chi connectivity index (χ0v) is 15.9. The van der Waals surface area contributed by atoms with E-state index in [-0.39, 0.29) is 31.2 Å². The van der Waals surface area contributed by atoms with Crippen LogP contribution in [0.25, 0.3) is 0 Å². The second kappa shape index (κ2) is 5.83. The van der Waals surface area contributed by atoms with Gasteiger partial charge in [-0.2, -0.15) is 0 Å². The Labute approximate surface area is 167 Å². The van der Waals surface area contributed by atoms with E-state index in [9.17, 15) is 9.59 Å². The number of aliphatic imine (C=N–C) groups is 1. The molecule has 1 aliphatic carbocycles. The summed E-state index contributed by atoms with van der Waals surface area (Å²) < 4.78 is 11.0. The minimum absolute atomic E-state index is 0.0379. The van der Waals surface area contributed by atoms with Crippen molar-refractivity contribution in [1.82, 2.24) is 9.80 Å². The molecule has 29 heavy (non-hydrogen) atoms. The van der Waals surface area contributed by atoms with Gasteiger partial charge < -0.3 is 19.3 Å². The van der Waals surface area contributed by atoms with Gasteiger partial charge >= 0.3 is 0 Å². The Morgan fingerprint density at radius 2 is 2.03 bits per heavy atom. The van der Waals surface area contributed by atoms with E-state index in [2.05, 4.69) is 6.08 Å². The van der Waals surface area contributed by atoms with E-state index in [4.69, 9.17) is 14.5 Å². The molecule has 0 aromatic heterocycles. The third-order valence-electron chi connectivity index (χ3n) is 6.22. The molecule has 2 unspecified atom stereocenters. The van der Waals surface area contributed by atoms with Gasteiger partial charge in [-0.3, -0.25) is 14.6 Å². The highest BCUT2D eigenvalue weighted by molar-refractivity contribution is 6.12. The number of rotatable bonds is 1.